The van der Waals surface area contributed by atoms with E-state index in [1.54, 1.807) is 6.20 Å². The summed E-state index contributed by atoms with van der Waals surface area (Å²) in [4.78, 5) is 32.3. The molecule has 2 aromatic heterocycles. The first-order valence-corrected chi connectivity index (χ1v) is 11.3. The van der Waals surface area contributed by atoms with E-state index in [2.05, 4.69) is 55.6 Å². The second kappa shape index (κ2) is 7.50. The number of anilines is 1. The predicted octanol–water partition coefficient (Wildman–Crippen LogP) is 4.52. The third-order valence-corrected chi connectivity index (χ3v) is 7.30. The summed E-state index contributed by atoms with van der Waals surface area (Å²) < 4.78 is 2.09. The van der Waals surface area contributed by atoms with Crippen LogP contribution in [0.2, 0.25) is 0 Å². The Bertz CT molecular complexity index is 1010. The van der Waals surface area contributed by atoms with E-state index < -0.39 is 5.41 Å². The molecule has 1 atom stereocenters. The molecule has 0 saturated carbocycles. The van der Waals surface area contributed by atoms with Crippen LogP contribution in [0, 0.1) is 5.92 Å². The van der Waals surface area contributed by atoms with Gasteiger partial charge in [-0.1, -0.05) is 13.8 Å². The summed E-state index contributed by atoms with van der Waals surface area (Å²) in [5.74, 6) is 1.34. The summed E-state index contributed by atoms with van der Waals surface area (Å²) >= 11 is 0. The van der Waals surface area contributed by atoms with Crippen LogP contribution in [-0.4, -0.2) is 39.4 Å². The first kappa shape index (κ1) is 21.6. The van der Waals surface area contributed by atoms with Crippen molar-refractivity contribution < 1.29 is 9.59 Å². The molecule has 2 amide bonds. The van der Waals surface area contributed by atoms with Crippen LogP contribution in [0.1, 0.15) is 81.8 Å². The van der Waals surface area contributed by atoms with Crippen molar-refractivity contribution in [3.8, 4) is 0 Å². The molecule has 0 aliphatic carbocycles. The standard InChI is InChI=1S/C25H34N4O2/c1-16(2)25(6)20-19(7-11-26-21(20)27-23(25)31)17-8-12-28(13-9-17)22(30)18-10-14-29(15-18)24(3,4)5/h7,10-11,14-17H,8-9,12-13H2,1-6H3,(H,26,27,31). The zero-order chi connectivity index (χ0) is 22.6. The lowest BCUT2D eigenvalue weighted by Crippen LogP contribution is -2.39. The molecule has 0 bridgehead atoms. The van der Waals surface area contributed by atoms with Crippen molar-refractivity contribution in [2.45, 2.75) is 71.3 Å². The monoisotopic (exact) mass is 422 g/mol. The normalized spacial score (nSPS) is 22.0. The van der Waals surface area contributed by atoms with Gasteiger partial charge in [0.05, 0.1) is 11.0 Å². The summed E-state index contributed by atoms with van der Waals surface area (Å²) in [5, 5.41) is 2.99. The highest BCUT2D eigenvalue weighted by atomic mass is 16.2. The summed E-state index contributed by atoms with van der Waals surface area (Å²) in [7, 11) is 0. The summed E-state index contributed by atoms with van der Waals surface area (Å²) in [6.07, 6.45) is 7.52. The molecular weight excluding hydrogens is 388 g/mol. The molecule has 6 nitrogen and oxygen atoms in total. The molecule has 0 radical (unpaired) electrons. The minimum absolute atomic E-state index is 0.0356. The Balaban J connectivity index is 1.52. The molecule has 1 unspecified atom stereocenters. The molecule has 1 fully saturated rings. The Kier molecular flexibility index (Phi) is 5.23. The van der Waals surface area contributed by atoms with Gasteiger partial charge in [-0.3, -0.25) is 9.59 Å². The van der Waals surface area contributed by atoms with Crippen LogP contribution >= 0.6 is 0 Å². The zero-order valence-corrected chi connectivity index (χ0v) is 19.5. The number of hydrogen-bond acceptors (Lipinski definition) is 3. The van der Waals surface area contributed by atoms with Crippen LogP contribution in [0.3, 0.4) is 0 Å². The van der Waals surface area contributed by atoms with Crippen LogP contribution in [0.25, 0.3) is 0 Å². The Hall–Kier alpha value is -2.63. The fourth-order valence-corrected chi connectivity index (χ4v) is 4.88. The minimum atomic E-state index is -0.568. The molecule has 4 heterocycles. The van der Waals surface area contributed by atoms with Crippen LogP contribution < -0.4 is 5.32 Å². The quantitative estimate of drug-likeness (QED) is 0.791. The number of hydrogen-bond donors (Lipinski definition) is 1. The van der Waals surface area contributed by atoms with E-state index in [0.29, 0.717) is 11.7 Å². The van der Waals surface area contributed by atoms with E-state index in [-0.39, 0.29) is 23.3 Å². The Morgan fingerprint density at radius 2 is 1.90 bits per heavy atom. The van der Waals surface area contributed by atoms with Crippen LogP contribution in [0.5, 0.6) is 0 Å². The van der Waals surface area contributed by atoms with Crippen molar-refractivity contribution in [1.82, 2.24) is 14.5 Å². The molecule has 166 valence electrons. The number of likely N-dealkylation sites (tertiary alicyclic amines) is 1. The number of carbonyl (C=O) groups is 2. The van der Waals surface area contributed by atoms with E-state index in [1.807, 2.05) is 30.3 Å². The third-order valence-electron chi connectivity index (χ3n) is 7.30. The van der Waals surface area contributed by atoms with Crippen molar-refractivity contribution in [3.05, 3.63) is 47.4 Å². The van der Waals surface area contributed by atoms with E-state index in [0.717, 1.165) is 37.1 Å². The number of carbonyl (C=O) groups excluding carboxylic acids is 2. The maximum absolute atomic E-state index is 13.1. The molecule has 2 aromatic rings. The number of aromatic nitrogens is 2. The van der Waals surface area contributed by atoms with Crippen molar-refractivity contribution in [2.24, 2.45) is 5.92 Å². The van der Waals surface area contributed by atoms with Gasteiger partial charge in [0.25, 0.3) is 5.91 Å². The fraction of sp³-hybridized carbons (Fsp3) is 0.560. The minimum Gasteiger partial charge on any atom is -0.348 e. The largest absolute Gasteiger partial charge is 0.348 e. The van der Waals surface area contributed by atoms with Gasteiger partial charge in [0, 0.05) is 42.8 Å². The SMILES string of the molecule is CC(C)C1(C)C(=O)Nc2nccc(C3CCN(C(=O)c4ccn(C(C)(C)C)c4)CC3)c21. The van der Waals surface area contributed by atoms with Crippen molar-refractivity contribution in [2.75, 3.05) is 18.4 Å². The maximum atomic E-state index is 13.1. The van der Waals surface area contributed by atoms with Crippen molar-refractivity contribution >= 4 is 17.6 Å². The smallest absolute Gasteiger partial charge is 0.255 e. The van der Waals surface area contributed by atoms with Gasteiger partial charge < -0.3 is 14.8 Å². The molecule has 1 saturated heterocycles. The van der Waals surface area contributed by atoms with E-state index in [9.17, 15) is 9.59 Å². The molecule has 6 heteroatoms. The molecule has 0 aromatic carbocycles. The second-order valence-corrected chi connectivity index (χ2v) is 10.5. The Labute approximate surface area is 185 Å². The first-order chi connectivity index (χ1) is 14.5. The zero-order valence-electron chi connectivity index (χ0n) is 19.5. The highest BCUT2D eigenvalue weighted by molar-refractivity contribution is 6.05. The Morgan fingerprint density at radius 3 is 2.48 bits per heavy atom. The van der Waals surface area contributed by atoms with Gasteiger partial charge in [-0.25, -0.2) is 4.98 Å². The van der Waals surface area contributed by atoms with Crippen LogP contribution in [0.4, 0.5) is 5.82 Å². The van der Waals surface area contributed by atoms with Gasteiger partial charge in [0.15, 0.2) is 0 Å². The highest BCUT2D eigenvalue weighted by Gasteiger charge is 2.48. The van der Waals surface area contributed by atoms with Gasteiger partial charge in [-0.05, 0) is 70.1 Å². The lowest BCUT2D eigenvalue weighted by molar-refractivity contribution is -0.121. The molecule has 0 spiro atoms. The van der Waals surface area contributed by atoms with Gasteiger partial charge >= 0.3 is 0 Å². The summed E-state index contributed by atoms with van der Waals surface area (Å²) in [6, 6.07) is 3.99. The number of piperidine rings is 1. The average Bonchev–Trinajstić information content (AvgIpc) is 3.32. The topological polar surface area (TPSA) is 67.2 Å². The molecule has 1 N–H and O–H groups in total. The fourth-order valence-electron chi connectivity index (χ4n) is 4.88. The number of fused-ring (bicyclic) bond motifs is 1. The second-order valence-electron chi connectivity index (χ2n) is 10.5. The molecule has 2 aliphatic rings. The maximum Gasteiger partial charge on any atom is 0.255 e. The van der Waals surface area contributed by atoms with E-state index in [4.69, 9.17) is 0 Å². The van der Waals surface area contributed by atoms with Crippen LogP contribution in [-0.2, 0) is 15.7 Å². The summed E-state index contributed by atoms with van der Waals surface area (Å²) in [6.45, 7) is 14.1. The molecule has 31 heavy (non-hydrogen) atoms. The van der Waals surface area contributed by atoms with E-state index in [1.165, 1.54) is 5.56 Å². The third kappa shape index (κ3) is 3.56. The van der Waals surface area contributed by atoms with Gasteiger partial charge in [0.2, 0.25) is 5.91 Å². The molecule has 4 rings (SSSR count). The number of pyridine rings is 1. The summed E-state index contributed by atoms with van der Waals surface area (Å²) in [5.41, 5.74) is 2.41. The van der Waals surface area contributed by atoms with E-state index >= 15 is 0 Å². The molecule has 2 aliphatic heterocycles. The first-order valence-electron chi connectivity index (χ1n) is 11.3. The number of amides is 2. The van der Waals surface area contributed by atoms with Gasteiger partial charge in [-0.2, -0.15) is 0 Å². The Morgan fingerprint density at radius 1 is 1.23 bits per heavy atom. The van der Waals surface area contributed by atoms with Gasteiger partial charge in [-0.15, -0.1) is 0 Å². The van der Waals surface area contributed by atoms with Crippen molar-refractivity contribution in [1.29, 1.82) is 0 Å². The van der Waals surface area contributed by atoms with Crippen molar-refractivity contribution in [3.63, 3.8) is 0 Å². The molecular formula is C25H34N4O2. The number of nitrogens with zero attached hydrogens (tertiary/aromatic N) is 3. The number of nitrogens with one attached hydrogen (secondary N) is 1. The predicted molar refractivity (Wildman–Crippen MR) is 122 cm³/mol. The van der Waals surface area contributed by atoms with Crippen LogP contribution in [0.15, 0.2) is 30.7 Å². The number of rotatable bonds is 3. The van der Waals surface area contributed by atoms with Gasteiger partial charge in [0.1, 0.15) is 5.82 Å². The lowest BCUT2D eigenvalue weighted by Gasteiger charge is -2.35. The average molecular weight is 423 g/mol. The lowest BCUT2D eigenvalue weighted by atomic mass is 9.70. The highest BCUT2D eigenvalue weighted by Crippen LogP contribution is 2.47.